The van der Waals surface area contributed by atoms with Gasteiger partial charge >= 0.3 is 0 Å². The molecule has 0 spiro atoms. The van der Waals surface area contributed by atoms with Crippen LogP contribution in [-0.2, 0) is 0 Å². The highest BCUT2D eigenvalue weighted by Crippen LogP contribution is 2.46. The second kappa shape index (κ2) is 13.8. The van der Waals surface area contributed by atoms with Crippen molar-refractivity contribution in [2.24, 2.45) is 0 Å². The van der Waals surface area contributed by atoms with Crippen molar-refractivity contribution in [3.05, 3.63) is 200 Å². The molecule has 0 radical (unpaired) electrons. The number of hydrogen-bond donors (Lipinski definition) is 0. The molecule has 2 heterocycles. The van der Waals surface area contributed by atoms with Gasteiger partial charge in [-0.05, 0) is 91.3 Å². The van der Waals surface area contributed by atoms with Gasteiger partial charge < -0.3 is 0 Å². The predicted molar refractivity (Wildman–Crippen MR) is 240 cm³/mol. The summed E-state index contributed by atoms with van der Waals surface area (Å²) < 4.78 is 2.39. The molecule has 11 rings (SSSR count). The van der Waals surface area contributed by atoms with Crippen molar-refractivity contribution in [3.8, 4) is 67.5 Å². The largest absolute Gasteiger partial charge is 0.208 e. The van der Waals surface area contributed by atoms with Gasteiger partial charge in [0.15, 0.2) is 17.5 Å². The summed E-state index contributed by atoms with van der Waals surface area (Å²) in [5.74, 6) is 1.97. The summed E-state index contributed by atoms with van der Waals surface area (Å²) in [5, 5.41) is 7.25. The molecule has 0 fully saturated rings. The molecular formula is C53H33N3S. The van der Waals surface area contributed by atoms with Crippen LogP contribution < -0.4 is 0 Å². The summed E-state index contributed by atoms with van der Waals surface area (Å²) in [6, 6.07) is 71.2. The highest BCUT2D eigenvalue weighted by molar-refractivity contribution is 7.26. The molecule has 11 aromatic rings. The van der Waals surface area contributed by atoms with E-state index >= 15 is 0 Å². The first kappa shape index (κ1) is 33.1. The van der Waals surface area contributed by atoms with Crippen LogP contribution >= 0.6 is 11.3 Å². The molecule has 3 nitrogen and oxygen atoms in total. The summed E-state index contributed by atoms with van der Waals surface area (Å²) in [7, 11) is 0. The van der Waals surface area contributed by atoms with Crippen molar-refractivity contribution in [2.45, 2.75) is 0 Å². The third-order valence-electron chi connectivity index (χ3n) is 10.9. The minimum Gasteiger partial charge on any atom is -0.208 e. The first-order valence-electron chi connectivity index (χ1n) is 19.2. The smallest absolute Gasteiger partial charge is 0.165 e. The van der Waals surface area contributed by atoms with E-state index in [2.05, 4.69) is 182 Å². The van der Waals surface area contributed by atoms with Crippen molar-refractivity contribution in [1.82, 2.24) is 15.0 Å². The molecule has 0 aliphatic rings. The summed E-state index contributed by atoms with van der Waals surface area (Å²) in [4.78, 5) is 15.4. The lowest BCUT2D eigenvalue weighted by Crippen LogP contribution is -2.00. The van der Waals surface area contributed by atoms with Gasteiger partial charge in [-0.2, -0.15) is 0 Å². The van der Waals surface area contributed by atoms with Crippen LogP contribution in [0, 0.1) is 0 Å². The van der Waals surface area contributed by atoms with E-state index in [4.69, 9.17) is 15.0 Å². The highest BCUT2D eigenvalue weighted by Gasteiger charge is 2.20. The van der Waals surface area contributed by atoms with Crippen LogP contribution in [0.4, 0.5) is 0 Å². The number of rotatable bonds is 6. The first-order chi connectivity index (χ1) is 28.2. The Morgan fingerprint density at radius 1 is 0.298 bits per heavy atom. The molecule has 0 aliphatic heterocycles. The lowest BCUT2D eigenvalue weighted by molar-refractivity contribution is 1.08. The van der Waals surface area contributed by atoms with Gasteiger partial charge in [0.25, 0.3) is 0 Å². The number of benzene rings is 9. The van der Waals surface area contributed by atoms with Crippen LogP contribution in [0.15, 0.2) is 200 Å². The van der Waals surface area contributed by atoms with Crippen LogP contribution in [0.3, 0.4) is 0 Å². The monoisotopic (exact) mass is 743 g/mol. The standard InChI is InChI=1S/C53H33N3S/c1-4-15-34(16-5-1)40-30-41(35-17-6-2-7-18-35)32-42(31-40)47-33-48-49(44-24-13-12-23-43(44)47)45-25-14-26-46(50(45)57-48)53-55-51(37-20-8-3-9-21-37)54-52(56-53)39-28-27-36-19-10-11-22-38(36)29-39/h1-33H. The average Bonchev–Trinajstić information content (AvgIpc) is 3.68. The van der Waals surface area contributed by atoms with E-state index in [0.717, 1.165) is 26.8 Å². The molecule has 0 saturated carbocycles. The maximum absolute atomic E-state index is 5.22. The summed E-state index contributed by atoms with van der Waals surface area (Å²) in [6.07, 6.45) is 0. The second-order valence-electron chi connectivity index (χ2n) is 14.4. The van der Waals surface area contributed by atoms with Crippen molar-refractivity contribution >= 4 is 53.1 Å². The molecular weight excluding hydrogens is 711 g/mol. The number of hydrogen-bond acceptors (Lipinski definition) is 4. The number of aromatic nitrogens is 3. The van der Waals surface area contributed by atoms with Gasteiger partial charge in [-0.15, -0.1) is 11.3 Å². The Kier molecular flexibility index (Phi) is 8.01. The van der Waals surface area contributed by atoms with Gasteiger partial charge in [-0.1, -0.05) is 164 Å². The molecule has 266 valence electrons. The Labute approximate surface area is 334 Å². The molecule has 0 bridgehead atoms. The third kappa shape index (κ3) is 5.95. The fraction of sp³-hybridized carbons (Fsp3) is 0. The van der Waals surface area contributed by atoms with Crippen molar-refractivity contribution < 1.29 is 0 Å². The fourth-order valence-corrected chi connectivity index (χ4v) is 9.39. The molecule has 4 heteroatoms. The molecule has 0 aliphatic carbocycles. The fourth-order valence-electron chi connectivity index (χ4n) is 8.12. The van der Waals surface area contributed by atoms with E-state index in [1.807, 2.05) is 29.5 Å². The first-order valence-corrected chi connectivity index (χ1v) is 20.0. The molecule has 0 atom stereocenters. The number of thiophene rings is 1. The summed E-state index contributed by atoms with van der Waals surface area (Å²) in [5.41, 5.74) is 10.1. The highest BCUT2D eigenvalue weighted by atomic mass is 32.1. The lowest BCUT2D eigenvalue weighted by Gasteiger charge is -2.14. The van der Waals surface area contributed by atoms with Crippen LogP contribution in [0.2, 0.25) is 0 Å². The quantitative estimate of drug-likeness (QED) is 0.170. The van der Waals surface area contributed by atoms with Crippen molar-refractivity contribution in [1.29, 1.82) is 0 Å². The van der Waals surface area contributed by atoms with Gasteiger partial charge in [-0.25, -0.2) is 15.0 Å². The van der Waals surface area contributed by atoms with Crippen molar-refractivity contribution in [3.63, 3.8) is 0 Å². The van der Waals surface area contributed by atoms with Gasteiger partial charge in [0.1, 0.15) is 0 Å². The Hall–Kier alpha value is -7.27. The van der Waals surface area contributed by atoms with Crippen molar-refractivity contribution in [2.75, 3.05) is 0 Å². The zero-order valence-electron chi connectivity index (χ0n) is 30.8. The van der Waals surface area contributed by atoms with Crippen LogP contribution in [0.5, 0.6) is 0 Å². The van der Waals surface area contributed by atoms with Gasteiger partial charge in [0.05, 0.1) is 0 Å². The topological polar surface area (TPSA) is 38.7 Å². The van der Waals surface area contributed by atoms with E-state index in [-0.39, 0.29) is 0 Å². The maximum atomic E-state index is 5.22. The van der Waals surface area contributed by atoms with Gasteiger partial charge in [0, 0.05) is 36.9 Å². The lowest BCUT2D eigenvalue weighted by atomic mass is 9.90. The Bertz CT molecular complexity index is 3220. The van der Waals surface area contributed by atoms with Crippen LogP contribution in [0.25, 0.3) is 109 Å². The van der Waals surface area contributed by atoms with E-state index < -0.39 is 0 Å². The summed E-state index contributed by atoms with van der Waals surface area (Å²) >= 11 is 1.81. The minimum atomic E-state index is 0.655. The number of nitrogens with zero attached hydrogens (tertiary/aromatic N) is 3. The van der Waals surface area contributed by atoms with Gasteiger partial charge in [0.2, 0.25) is 0 Å². The van der Waals surface area contributed by atoms with E-state index in [9.17, 15) is 0 Å². The number of fused-ring (bicyclic) bond motifs is 6. The maximum Gasteiger partial charge on any atom is 0.165 e. The summed E-state index contributed by atoms with van der Waals surface area (Å²) in [6.45, 7) is 0. The SMILES string of the molecule is c1ccc(-c2cc(-c3ccccc3)cc(-c3cc4sc5c(-c6nc(-c7ccccc7)nc(-c7ccc8ccccc8c7)n6)cccc5c4c4ccccc34)c2)cc1. The zero-order chi connectivity index (χ0) is 37.7. The molecule has 0 amide bonds. The molecule has 0 saturated heterocycles. The van der Waals surface area contributed by atoms with E-state index in [1.54, 1.807) is 0 Å². The van der Waals surface area contributed by atoms with Crippen LogP contribution in [0.1, 0.15) is 0 Å². The zero-order valence-corrected chi connectivity index (χ0v) is 31.6. The predicted octanol–water partition coefficient (Wildman–Crippen LogP) is 14.5. The molecule has 2 aromatic heterocycles. The molecule has 0 N–H and O–H groups in total. The van der Waals surface area contributed by atoms with E-state index in [0.29, 0.717) is 17.5 Å². The van der Waals surface area contributed by atoms with Gasteiger partial charge in [-0.3, -0.25) is 0 Å². The van der Waals surface area contributed by atoms with Crippen LogP contribution in [-0.4, -0.2) is 15.0 Å². The Balaban J connectivity index is 1.14. The molecule has 0 unspecified atom stereocenters. The Morgan fingerprint density at radius 3 is 1.54 bits per heavy atom. The molecule has 9 aromatic carbocycles. The molecule has 57 heavy (non-hydrogen) atoms. The third-order valence-corrected chi connectivity index (χ3v) is 12.1. The second-order valence-corrected chi connectivity index (χ2v) is 15.4. The minimum absolute atomic E-state index is 0.655. The Morgan fingerprint density at radius 2 is 0.842 bits per heavy atom. The average molecular weight is 744 g/mol. The normalized spacial score (nSPS) is 11.5. The van der Waals surface area contributed by atoms with E-state index in [1.165, 1.54) is 65.0 Å².